The average molecular weight is 401 g/mol. The molecule has 29 heavy (non-hydrogen) atoms. The first-order valence-electron chi connectivity index (χ1n) is 9.67. The summed E-state index contributed by atoms with van der Waals surface area (Å²) in [6.45, 7) is 2.71. The molecule has 3 aromatic carbocycles. The average Bonchev–Trinajstić information content (AvgIpc) is 2.79. The zero-order valence-corrected chi connectivity index (χ0v) is 16.9. The van der Waals surface area contributed by atoms with Gasteiger partial charge in [0.2, 0.25) is 0 Å². The molecule has 0 saturated heterocycles. The molecule has 0 saturated carbocycles. The minimum absolute atomic E-state index is 0.581. The van der Waals surface area contributed by atoms with Crippen molar-refractivity contribution in [1.82, 2.24) is 9.97 Å². The minimum Gasteiger partial charge on any atom is -0.492 e. The summed E-state index contributed by atoms with van der Waals surface area (Å²) in [5.41, 5.74) is 4.64. The lowest BCUT2D eigenvalue weighted by molar-refractivity contribution is 0.317. The Labute approximate surface area is 176 Å². The number of ether oxygens (including phenoxy) is 1. The van der Waals surface area contributed by atoms with E-state index in [9.17, 15) is 0 Å². The first-order chi connectivity index (χ1) is 14.2. The van der Waals surface area contributed by atoms with Crippen LogP contribution in [0, 0.1) is 0 Å². The molecule has 0 atom stereocenters. The summed E-state index contributed by atoms with van der Waals surface area (Å²) in [6, 6.07) is 27.9. The molecule has 0 spiro atoms. The number of benzene rings is 3. The number of hydrogen-bond donors (Lipinski definition) is 0. The van der Waals surface area contributed by atoms with E-state index in [0.717, 1.165) is 34.5 Å². The van der Waals surface area contributed by atoms with Crippen LogP contribution in [0.5, 0.6) is 5.75 Å². The normalized spacial score (nSPS) is 10.7. The summed E-state index contributed by atoms with van der Waals surface area (Å²) in [6.07, 6.45) is 0.935. The fourth-order valence-electron chi connectivity index (χ4n) is 3.06. The summed E-state index contributed by atoms with van der Waals surface area (Å²) in [7, 11) is 0. The lowest BCUT2D eigenvalue weighted by atomic mass is 10.1. The molecule has 0 bridgehead atoms. The maximum atomic E-state index is 6.46. The number of halogens is 1. The van der Waals surface area contributed by atoms with Gasteiger partial charge in [0.15, 0.2) is 5.82 Å². The molecule has 1 aromatic heterocycles. The number of rotatable bonds is 6. The molecule has 0 aliphatic heterocycles. The third kappa shape index (κ3) is 4.47. The minimum atomic E-state index is 0.581. The van der Waals surface area contributed by atoms with E-state index >= 15 is 0 Å². The first-order valence-corrected chi connectivity index (χ1v) is 10.0. The van der Waals surface area contributed by atoms with Crippen molar-refractivity contribution in [1.29, 1.82) is 0 Å². The summed E-state index contributed by atoms with van der Waals surface area (Å²) in [4.78, 5) is 9.63. The van der Waals surface area contributed by atoms with Gasteiger partial charge in [0.1, 0.15) is 5.75 Å². The Hall–Kier alpha value is -3.17. The highest BCUT2D eigenvalue weighted by atomic mass is 35.5. The van der Waals surface area contributed by atoms with Crippen molar-refractivity contribution in [2.75, 3.05) is 6.61 Å². The van der Waals surface area contributed by atoms with E-state index in [-0.39, 0.29) is 0 Å². The Balaban J connectivity index is 1.81. The topological polar surface area (TPSA) is 35.0 Å². The third-order valence-corrected chi connectivity index (χ3v) is 4.81. The van der Waals surface area contributed by atoms with E-state index in [4.69, 9.17) is 26.3 Å². The van der Waals surface area contributed by atoms with Gasteiger partial charge in [-0.2, -0.15) is 0 Å². The lowest BCUT2D eigenvalue weighted by Crippen LogP contribution is -1.97. The summed E-state index contributed by atoms with van der Waals surface area (Å²) >= 11 is 6.46. The van der Waals surface area contributed by atoms with Crippen LogP contribution in [0.2, 0.25) is 5.02 Å². The molecule has 144 valence electrons. The van der Waals surface area contributed by atoms with Gasteiger partial charge < -0.3 is 4.74 Å². The Morgan fingerprint density at radius 3 is 1.97 bits per heavy atom. The molecule has 4 rings (SSSR count). The zero-order valence-electron chi connectivity index (χ0n) is 16.2. The van der Waals surface area contributed by atoms with Crippen LogP contribution < -0.4 is 4.74 Å². The van der Waals surface area contributed by atoms with Crippen LogP contribution in [-0.2, 0) is 0 Å². The molecule has 0 aliphatic rings. The van der Waals surface area contributed by atoms with Crippen LogP contribution in [-0.4, -0.2) is 16.6 Å². The number of hydrogen-bond acceptors (Lipinski definition) is 3. The van der Waals surface area contributed by atoms with Crippen molar-refractivity contribution < 1.29 is 4.74 Å². The zero-order chi connectivity index (χ0) is 20.1. The molecule has 0 fully saturated rings. The molecule has 0 unspecified atom stereocenters. The molecule has 4 aromatic rings. The maximum absolute atomic E-state index is 6.46. The van der Waals surface area contributed by atoms with E-state index in [1.807, 2.05) is 72.8 Å². The van der Waals surface area contributed by atoms with Gasteiger partial charge >= 0.3 is 0 Å². The van der Waals surface area contributed by atoms with Crippen molar-refractivity contribution >= 4 is 11.6 Å². The van der Waals surface area contributed by atoms with Gasteiger partial charge in [-0.1, -0.05) is 79.2 Å². The van der Waals surface area contributed by atoms with Crippen LogP contribution in [0.25, 0.3) is 33.9 Å². The fraction of sp³-hybridized carbons (Fsp3) is 0.120. The van der Waals surface area contributed by atoms with Crippen molar-refractivity contribution in [2.45, 2.75) is 13.3 Å². The second-order valence-corrected chi connectivity index (χ2v) is 7.09. The second-order valence-electron chi connectivity index (χ2n) is 6.69. The van der Waals surface area contributed by atoms with E-state index in [2.05, 4.69) is 19.1 Å². The highest BCUT2D eigenvalue weighted by Crippen LogP contribution is 2.32. The molecule has 0 N–H and O–H groups in total. The first kappa shape index (κ1) is 19.2. The summed E-state index contributed by atoms with van der Waals surface area (Å²) < 4.78 is 5.70. The molecular formula is C25H21ClN2O. The summed E-state index contributed by atoms with van der Waals surface area (Å²) in [5, 5.41) is 0.581. The van der Waals surface area contributed by atoms with E-state index in [0.29, 0.717) is 23.2 Å². The van der Waals surface area contributed by atoms with Gasteiger partial charge in [-0.3, -0.25) is 0 Å². The predicted molar refractivity (Wildman–Crippen MR) is 119 cm³/mol. The van der Waals surface area contributed by atoms with Crippen molar-refractivity contribution in [2.24, 2.45) is 0 Å². The quantitative estimate of drug-likeness (QED) is 0.352. The van der Waals surface area contributed by atoms with Gasteiger partial charge in [0.05, 0.1) is 23.0 Å². The number of aromatic nitrogens is 2. The molecule has 0 amide bonds. The second kappa shape index (κ2) is 8.89. The van der Waals surface area contributed by atoms with Gasteiger partial charge in [-0.25, -0.2) is 9.97 Å². The molecular weight excluding hydrogens is 380 g/mol. The van der Waals surface area contributed by atoms with Gasteiger partial charge in [-0.05, 0) is 30.7 Å². The van der Waals surface area contributed by atoms with E-state index in [1.165, 1.54) is 0 Å². The van der Waals surface area contributed by atoms with Crippen LogP contribution in [0.4, 0.5) is 0 Å². The Morgan fingerprint density at radius 1 is 0.724 bits per heavy atom. The highest BCUT2D eigenvalue weighted by Gasteiger charge is 2.12. The number of nitrogens with zero attached hydrogens (tertiary/aromatic N) is 2. The van der Waals surface area contributed by atoms with E-state index < -0.39 is 0 Å². The van der Waals surface area contributed by atoms with Crippen LogP contribution in [0.15, 0.2) is 84.9 Å². The molecule has 1 heterocycles. The Bertz CT molecular complexity index is 1040. The predicted octanol–water partition coefficient (Wildman–Crippen LogP) is 6.92. The standard InChI is InChI=1S/C25H21ClN2O/c1-2-15-29-24-14-13-20(16-21(24)26)23-17-22(18-9-5-3-6-10-18)27-25(28-23)19-11-7-4-8-12-19/h3-14,16-17H,2,15H2,1H3. The largest absolute Gasteiger partial charge is 0.492 e. The van der Waals surface area contributed by atoms with Gasteiger partial charge in [-0.15, -0.1) is 0 Å². The lowest BCUT2D eigenvalue weighted by Gasteiger charge is -2.11. The molecule has 0 radical (unpaired) electrons. The summed E-state index contributed by atoms with van der Waals surface area (Å²) in [5.74, 6) is 1.38. The fourth-order valence-corrected chi connectivity index (χ4v) is 3.29. The van der Waals surface area contributed by atoms with Crippen LogP contribution in [0.3, 0.4) is 0 Å². The molecule has 0 aliphatic carbocycles. The SMILES string of the molecule is CCCOc1ccc(-c2cc(-c3ccccc3)nc(-c3ccccc3)n2)cc1Cl. The monoisotopic (exact) mass is 400 g/mol. The maximum Gasteiger partial charge on any atom is 0.160 e. The van der Waals surface area contributed by atoms with Gasteiger partial charge in [0, 0.05) is 16.7 Å². The Morgan fingerprint density at radius 2 is 1.34 bits per heavy atom. The van der Waals surface area contributed by atoms with Crippen LogP contribution >= 0.6 is 11.6 Å². The molecule has 4 heteroatoms. The van der Waals surface area contributed by atoms with Gasteiger partial charge in [0.25, 0.3) is 0 Å². The highest BCUT2D eigenvalue weighted by molar-refractivity contribution is 6.32. The van der Waals surface area contributed by atoms with Crippen molar-refractivity contribution in [3.8, 4) is 39.7 Å². The van der Waals surface area contributed by atoms with E-state index in [1.54, 1.807) is 0 Å². The smallest absolute Gasteiger partial charge is 0.160 e. The Kier molecular flexibility index (Phi) is 5.87. The van der Waals surface area contributed by atoms with Crippen LogP contribution in [0.1, 0.15) is 13.3 Å². The van der Waals surface area contributed by atoms with Crippen molar-refractivity contribution in [3.63, 3.8) is 0 Å². The third-order valence-electron chi connectivity index (χ3n) is 4.52. The van der Waals surface area contributed by atoms with Crippen molar-refractivity contribution in [3.05, 3.63) is 90.0 Å². The molecule has 3 nitrogen and oxygen atoms in total.